The topological polar surface area (TPSA) is 21.3 Å². The fourth-order valence-electron chi connectivity index (χ4n) is 2.45. The van der Waals surface area contributed by atoms with Crippen LogP contribution in [0.2, 0.25) is 0 Å². The quantitative estimate of drug-likeness (QED) is 0.724. The minimum atomic E-state index is -4.64. The van der Waals surface area contributed by atoms with E-state index in [1.807, 2.05) is 0 Å². The fraction of sp³-hybridized carbons (Fsp3) is 0.625. The summed E-state index contributed by atoms with van der Waals surface area (Å²) in [6.45, 7) is 7.28. The van der Waals surface area contributed by atoms with Gasteiger partial charge >= 0.3 is 6.36 Å². The molecule has 21 heavy (non-hydrogen) atoms. The van der Waals surface area contributed by atoms with Crippen molar-refractivity contribution < 1.29 is 17.9 Å². The summed E-state index contributed by atoms with van der Waals surface area (Å²) in [5, 5.41) is 3.47. The lowest BCUT2D eigenvalue weighted by Gasteiger charge is -2.25. The molecule has 2 nitrogen and oxygen atoms in total. The van der Waals surface area contributed by atoms with Crippen molar-refractivity contribution in [3.8, 4) is 5.75 Å². The molecule has 0 bridgehead atoms. The standard InChI is InChI=1S/C16H24F3NO/c1-4-6-12(3)15(20-11-5-2)13-7-9-14(10-8-13)21-16(17,18)19/h7-10,12,15,20H,4-6,11H2,1-3H3. The van der Waals surface area contributed by atoms with Crippen LogP contribution in [0, 0.1) is 5.92 Å². The van der Waals surface area contributed by atoms with Crippen LogP contribution in [0.5, 0.6) is 5.75 Å². The molecule has 0 aliphatic heterocycles. The summed E-state index contributed by atoms with van der Waals surface area (Å²) in [5.74, 6) is 0.250. The molecule has 0 aromatic heterocycles. The second-order valence-electron chi connectivity index (χ2n) is 5.31. The first-order valence-corrected chi connectivity index (χ1v) is 7.46. The molecule has 1 aromatic rings. The van der Waals surface area contributed by atoms with Crippen molar-refractivity contribution in [2.45, 2.75) is 52.4 Å². The molecule has 0 saturated heterocycles. The molecule has 0 fully saturated rings. The van der Waals surface area contributed by atoms with E-state index in [0.717, 1.165) is 31.4 Å². The number of halogens is 3. The van der Waals surface area contributed by atoms with Gasteiger partial charge < -0.3 is 10.1 Å². The molecule has 0 saturated carbocycles. The summed E-state index contributed by atoms with van der Waals surface area (Å²) < 4.78 is 40.4. The van der Waals surface area contributed by atoms with Gasteiger partial charge in [-0.15, -0.1) is 13.2 Å². The number of hydrogen-bond donors (Lipinski definition) is 1. The Kier molecular flexibility index (Phi) is 7.02. The summed E-state index contributed by atoms with van der Waals surface area (Å²) in [6, 6.07) is 6.33. The van der Waals surface area contributed by atoms with Gasteiger partial charge in [0.25, 0.3) is 0 Å². The second kappa shape index (κ2) is 8.27. The lowest BCUT2D eigenvalue weighted by Crippen LogP contribution is -2.27. The van der Waals surface area contributed by atoms with Crippen LogP contribution < -0.4 is 10.1 Å². The van der Waals surface area contributed by atoms with Crippen LogP contribution in [0.1, 0.15) is 51.6 Å². The van der Waals surface area contributed by atoms with Gasteiger partial charge in [0.2, 0.25) is 0 Å². The van der Waals surface area contributed by atoms with Crippen molar-refractivity contribution in [3.63, 3.8) is 0 Å². The third kappa shape index (κ3) is 6.38. The third-order valence-electron chi connectivity index (χ3n) is 3.40. The Morgan fingerprint density at radius 1 is 1.10 bits per heavy atom. The Balaban J connectivity index is 2.82. The van der Waals surface area contributed by atoms with E-state index in [1.54, 1.807) is 12.1 Å². The normalized spacial score (nSPS) is 14.8. The summed E-state index contributed by atoms with van der Waals surface area (Å²) in [6.07, 6.45) is -1.47. The number of nitrogens with one attached hydrogen (secondary N) is 1. The van der Waals surface area contributed by atoms with Gasteiger partial charge in [-0.1, -0.05) is 39.3 Å². The van der Waals surface area contributed by atoms with E-state index in [9.17, 15) is 13.2 Å². The van der Waals surface area contributed by atoms with Crippen LogP contribution in [0.25, 0.3) is 0 Å². The number of benzene rings is 1. The molecule has 0 aliphatic carbocycles. The van der Waals surface area contributed by atoms with Gasteiger partial charge in [-0.3, -0.25) is 0 Å². The number of hydrogen-bond acceptors (Lipinski definition) is 2. The van der Waals surface area contributed by atoms with Crippen LogP contribution >= 0.6 is 0 Å². The van der Waals surface area contributed by atoms with E-state index < -0.39 is 6.36 Å². The Morgan fingerprint density at radius 2 is 1.71 bits per heavy atom. The maximum atomic E-state index is 12.2. The lowest BCUT2D eigenvalue weighted by atomic mass is 9.91. The lowest BCUT2D eigenvalue weighted by molar-refractivity contribution is -0.274. The molecular weight excluding hydrogens is 279 g/mol. The highest BCUT2D eigenvalue weighted by molar-refractivity contribution is 5.29. The number of ether oxygens (including phenoxy) is 1. The van der Waals surface area contributed by atoms with E-state index in [-0.39, 0.29) is 11.8 Å². The van der Waals surface area contributed by atoms with Crippen LogP contribution in [-0.2, 0) is 0 Å². The van der Waals surface area contributed by atoms with E-state index in [2.05, 4.69) is 30.8 Å². The molecule has 120 valence electrons. The number of alkyl halides is 3. The molecule has 0 aliphatic rings. The molecule has 2 unspecified atom stereocenters. The van der Waals surface area contributed by atoms with Gasteiger partial charge in [0.05, 0.1) is 0 Å². The third-order valence-corrected chi connectivity index (χ3v) is 3.40. The minimum absolute atomic E-state index is 0.157. The molecule has 0 amide bonds. The van der Waals surface area contributed by atoms with Crippen molar-refractivity contribution in [2.75, 3.05) is 6.54 Å². The van der Waals surface area contributed by atoms with Gasteiger partial charge in [0, 0.05) is 6.04 Å². The maximum Gasteiger partial charge on any atom is 0.573 e. The highest BCUT2D eigenvalue weighted by Crippen LogP contribution is 2.29. The monoisotopic (exact) mass is 303 g/mol. The molecule has 1 N–H and O–H groups in total. The molecule has 0 radical (unpaired) electrons. The summed E-state index contributed by atoms with van der Waals surface area (Å²) in [4.78, 5) is 0. The van der Waals surface area contributed by atoms with Gasteiger partial charge in [-0.05, 0) is 43.0 Å². The number of rotatable bonds is 8. The largest absolute Gasteiger partial charge is 0.573 e. The van der Waals surface area contributed by atoms with Crippen molar-refractivity contribution in [3.05, 3.63) is 29.8 Å². The van der Waals surface area contributed by atoms with Gasteiger partial charge in [-0.25, -0.2) is 0 Å². The SMILES string of the molecule is CCCNC(c1ccc(OC(F)(F)F)cc1)C(C)CCC. The molecule has 0 heterocycles. The highest BCUT2D eigenvalue weighted by atomic mass is 19.4. The first-order chi connectivity index (χ1) is 9.87. The zero-order valence-corrected chi connectivity index (χ0v) is 12.8. The second-order valence-corrected chi connectivity index (χ2v) is 5.31. The van der Waals surface area contributed by atoms with Crippen molar-refractivity contribution in [2.24, 2.45) is 5.92 Å². The van der Waals surface area contributed by atoms with Crippen molar-refractivity contribution in [1.82, 2.24) is 5.32 Å². The molecule has 2 atom stereocenters. The average molecular weight is 303 g/mol. The van der Waals surface area contributed by atoms with Crippen LogP contribution in [-0.4, -0.2) is 12.9 Å². The predicted molar refractivity (Wildman–Crippen MR) is 78.2 cm³/mol. The smallest absolute Gasteiger partial charge is 0.406 e. The van der Waals surface area contributed by atoms with E-state index >= 15 is 0 Å². The Hall–Kier alpha value is -1.23. The maximum absolute atomic E-state index is 12.2. The summed E-state index contributed by atoms with van der Waals surface area (Å²) in [5.41, 5.74) is 0.999. The Morgan fingerprint density at radius 3 is 2.19 bits per heavy atom. The van der Waals surface area contributed by atoms with E-state index in [4.69, 9.17) is 0 Å². The zero-order chi connectivity index (χ0) is 15.9. The zero-order valence-electron chi connectivity index (χ0n) is 12.8. The van der Waals surface area contributed by atoms with E-state index in [0.29, 0.717) is 5.92 Å². The van der Waals surface area contributed by atoms with Gasteiger partial charge in [0.1, 0.15) is 5.75 Å². The van der Waals surface area contributed by atoms with Crippen molar-refractivity contribution in [1.29, 1.82) is 0 Å². The molecule has 0 spiro atoms. The summed E-state index contributed by atoms with van der Waals surface area (Å²) in [7, 11) is 0. The molecule has 1 rings (SSSR count). The van der Waals surface area contributed by atoms with Crippen molar-refractivity contribution >= 4 is 0 Å². The average Bonchev–Trinajstić information content (AvgIpc) is 2.39. The molecule has 5 heteroatoms. The predicted octanol–water partition coefficient (Wildman–Crippen LogP) is 5.06. The van der Waals surface area contributed by atoms with E-state index in [1.165, 1.54) is 12.1 Å². The van der Waals surface area contributed by atoms with Crippen LogP contribution in [0.15, 0.2) is 24.3 Å². The Bertz CT molecular complexity index is 403. The first kappa shape index (κ1) is 17.8. The Labute approximate surface area is 124 Å². The van der Waals surface area contributed by atoms with Gasteiger partial charge in [-0.2, -0.15) is 0 Å². The first-order valence-electron chi connectivity index (χ1n) is 7.46. The fourth-order valence-corrected chi connectivity index (χ4v) is 2.45. The minimum Gasteiger partial charge on any atom is -0.406 e. The highest BCUT2D eigenvalue weighted by Gasteiger charge is 2.31. The van der Waals surface area contributed by atoms with Crippen LogP contribution in [0.4, 0.5) is 13.2 Å². The van der Waals surface area contributed by atoms with Crippen LogP contribution in [0.3, 0.4) is 0 Å². The summed E-state index contributed by atoms with van der Waals surface area (Å²) >= 11 is 0. The molecule has 1 aromatic carbocycles. The van der Waals surface area contributed by atoms with Gasteiger partial charge in [0.15, 0.2) is 0 Å². The molecular formula is C16H24F3NO.